The number of fused-ring (bicyclic) bond motifs is 1. The molecule has 0 aliphatic carbocycles. The second-order valence-corrected chi connectivity index (χ2v) is 8.89. The number of hydrogen-bond donors (Lipinski definition) is 0. The maximum absolute atomic E-state index is 9.74. The number of nitriles is 1. The molecular formula is C23H20BrN3OS. The van der Waals surface area contributed by atoms with Gasteiger partial charge in [-0.1, -0.05) is 46.3 Å². The fourth-order valence-electron chi connectivity index (χ4n) is 3.56. The number of thiophene rings is 1. The number of nitrogens with zero attached hydrogens (tertiary/aromatic N) is 3. The third kappa shape index (κ3) is 4.43. The predicted octanol–water partition coefficient (Wildman–Crippen LogP) is 5.70. The topological polar surface area (TPSA) is 48.6 Å². The van der Waals surface area contributed by atoms with E-state index in [-0.39, 0.29) is 0 Å². The Kier molecular flexibility index (Phi) is 6.10. The molecule has 0 amide bonds. The Bertz CT molecular complexity index is 1090. The number of benzene rings is 2. The largest absolute Gasteiger partial charge is 0.496 e. The highest BCUT2D eigenvalue weighted by Crippen LogP contribution is 2.39. The number of hydrogen-bond acceptors (Lipinski definition) is 5. The van der Waals surface area contributed by atoms with Crippen molar-refractivity contribution in [2.24, 2.45) is 4.99 Å². The summed E-state index contributed by atoms with van der Waals surface area (Å²) in [5, 5.41) is 10.5. The second-order valence-electron chi connectivity index (χ2n) is 6.89. The molecule has 0 atom stereocenters. The molecule has 0 saturated heterocycles. The average Bonchev–Trinajstić information content (AvgIpc) is 3.09. The molecule has 3 aromatic rings. The van der Waals surface area contributed by atoms with Crippen molar-refractivity contribution in [3.8, 4) is 11.8 Å². The van der Waals surface area contributed by atoms with Gasteiger partial charge < -0.3 is 4.74 Å². The smallest absolute Gasteiger partial charge is 0.134 e. The summed E-state index contributed by atoms with van der Waals surface area (Å²) in [6.07, 6.45) is 2.67. The quantitative estimate of drug-likeness (QED) is 0.454. The van der Waals surface area contributed by atoms with Crippen LogP contribution in [0.5, 0.6) is 5.75 Å². The van der Waals surface area contributed by atoms with E-state index in [4.69, 9.17) is 4.74 Å². The van der Waals surface area contributed by atoms with Crippen LogP contribution in [-0.2, 0) is 19.5 Å². The molecule has 6 heteroatoms. The van der Waals surface area contributed by atoms with Gasteiger partial charge in [0.2, 0.25) is 0 Å². The van der Waals surface area contributed by atoms with Gasteiger partial charge in [0, 0.05) is 40.8 Å². The molecule has 146 valence electrons. The minimum absolute atomic E-state index is 0.717. The van der Waals surface area contributed by atoms with Crippen LogP contribution in [0.1, 0.15) is 27.1 Å². The molecule has 29 heavy (non-hydrogen) atoms. The predicted molar refractivity (Wildman–Crippen MR) is 121 cm³/mol. The summed E-state index contributed by atoms with van der Waals surface area (Å²) in [6.45, 7) is 2.74. The molecule has 0 fully saturated rings. The van der Waals surface area contributed by atoms with E-state index in [2.05, 4.69) is 56.2 Å². The van der Waals surface area contributed by atoms with Crippen LogP contribution in [0.2, 0.25) is 0 Å². The average molecular weight is 466 g/mol. The summed E-state index contributed by atoms with van der Waals surface area (Å²) < 4.78 is 6.38. The zero-order chi connectivity index (χ0) is 20.2. The highest BCUT2D eigenvalue weighted by molar-refractivity contribution is 9.10. The second kappa shape index (κ2) is 8.91. The van der Waals surface area contributed by atoms with Crippen LogP contribution in [0.15, 0.2) is 58.0 Å². The van der Waals surface area contributed by atoms with Crippen molar-refractivity contribution >= 4 is 38.5 Å². The fraction of sp³-hybridized carbons (Fsp3) is 0.217. The van der Waals surface area contributed by atoms with Crippen molar-refractivity contribution in [1.29, 1.82) is 5.26 Å². The van der Waals surface area contributed by atoms with Crippen molar-refractivity contribution in [3.05, 3.63) is 80.1 Å². The van der Waals surface area contributed by atoms with Crippen LogP contribution < -0.4 is 4.74 Å². The lowest BCUT2D eigenvalue weighted by Crippen LogP contribution is -2.29. The molecule has 4 rings (SSSR count). The number of methoxy groups -OCH3 is 1. The Morgan fingerprint density at radius 3 is 2.86 bits per heavy atom. The van der Waals surface area contributed by atoms with E-state index < -0.39 is 0 Å². The van der Waals surface area contributed by atoms with Crippen LogP contribution in [0.25, 0.3) is 0 Å². The summed E-state index contributed by atoms with van der Waals surface area (Å²) in [6, 6.07) is 18.7. The van der Waals surface area contributed by atoms with Crippen molar-refractivity contribution in [1.82, 2.24) is 4.90 Å². The minimum atomic E-state index is 0.717. The molecule has 2 heterocycles. The summed E-state index contributed by atoms with van der Waals surface area (Å²) >= 11 is 5.11. The van der Waals surface area contributed by atoms with Gasteiger partial charge in [-0.15, -0.1) is 11.3 Å². The maximum atomic E-state index is 9.74. The lowest BCUT2D eigenvalue weighted by molar-refractivity contribution is 0.249. The zero-order valence-electron chi connectivity index (χ0n) is 16.1. The molecule has 1 aliphatic heterocycles. The summed E-state index contributed by atoms with van der Waals surface area (Å²) in [5.74, 6) is 0.755. The van der Waals surface area contributed by atoms with Gasteiger partial charge >= 0.3 is 0 Å². The lowest BCUT2D eigenvalue weighted by Gasteiger charge is -2.26. The number of halogens is 1. The molecule has 0 N–H and O–H groups in total. The number of aliphatic imine (C=N–C) groups is 1. The molecule has 0 saturated carbocycles. The molecule has 4 nitrogen and oxygen atoms in total. The van der Waals surface area contributed by atoms with Gasteiger partial charge in [0.25, 0.3) is 0 Å². The van der Waals surface area contributed by atoms with Gasteiger partial charge in [-0.05, 0) is 35.7 Å². The van der Waals surface area contributed by atoms with Gasteiger partial charge in [-0.25, -0.2) is 4.99 Å². The van der Waals surface area contributed by atoms with Crippen LogP contribution in [-0.4, -0.2) is 24.8 Å². The zero-order valence-corrected chi connectivity index (χ0v) is 18.5. The summed E-state index contributed by atoms with van der Waals surface area (Å²) in [7, 11) is 1.65. The van der Waals surface area contributed by atoms with Crippen molar-refractivity contribution in [2.75, 3.05) is 13.7 Å². The minimum Gasteiger partial charge on any atom is -0.496 e. The fourth-order valence-corrected chi connectivity index (χ4v) is 5.12. The number of ether oxygens (including phenoxy) is 1. The normalized spacial score (nSPS) is 14.0. The van der Waals surface area contributed by atoms with E-state index in [0.29, 0.717) is 0 Å². The Hall–Kier alpha value is -2.46. The van der Waals surface area contributed by atoms with E-state index in [1.807, 2.05) is 24.3 Å². The highest BCUT2D eigenvalue weighted by atomic mass is 79.9. The third-order valence-corrected chi connectivity index (χ3v) is 6.61. The molecule has 1 aromatic heterocycles. The molecule has 0 unspecified atom stereocenters. The van der Waals surface area contributed by atoms with E-state index >= 15 is 0 Å². The highest BCUT2D eigenvalue weighted by Gasteiger charge is 2.24. The van der Waals surface area contributed by atoms with Gasteiger partial charge in [0.1, 0.15) is 16.8 Å². The molecule has 0 radical (unpaired) electrons. The Morgan fingerprint density at radius 1 is 1.28 bits per heavy atom. The van der Waals surface area contributed by atoms with Gasteiger partial charge in [-0.2, -0.15) is 5.26 Å². The van der Waals surface area contributed by atoms with Gasteiger partial charge in [0.05, 0.1) is 12.7 Å². The first-order valence-corrected chi connectivity index (χ1v) is 11.0. The van der Waals surface area contributed by atoms with Crippen LogP contribution >= 0.6 is 27.3 Å². The first-order chi connectivity index (χ1) is 14.2. The van der Waals surface area contributed by atoms with Gasteiger partial charge in [-0.3, -0.25) is 4.90 Å². The van der Waals surface area contributed by atoms with Crippen molar-refractivity contribution in [2.45, 2.75) is 19.5 Å². The molecule has 1 aliphatic rings. The van der Waals surface area contributed by atoms with E-state index in [9.17, 15) is 5.26 Å². The Labute approximate surface area is 183 Å². The SMILES string of the molecule is COc1ccc(Br)cc1C=Nc1sc2c(c1C#N)CCN(Cc1ccccc1)C2. The molecule has 2 aromatic carbocycles. The van der Waals surface area contributed by atoms with E-state index in [0.717, 1.165) is 58.0 Å². The monoisotopic (exact) mass is 465 g/mol. The van der Waals surface area contributed by atoms with Crippen molar-refractivity contribution < 1.29 is 4.74 Å². The first-order valence-electron chi connectivity index (χ1n) is 9.36. The number of rotatable bonds is 5. The standard InChI is InChI=1S/C23H20BrN3OS/c1-28-21-8-7-18(24)11-17(21)13-26-23-20(12-25)19-9-10-27(15-22(19)29-23)14-16-5-3-2-4-6-16/h2-8,11,13H,9-10,14-15H2,1H3. The van der Waals surface area contributed by atoms with Crippen LogP contribution in [0.4, 0.5) is 5.00 Å². The van der Waals surface area contributed by atoms with E-state index in [1.165, 1.54) is 10.4 Å². The molecule has 0 bridgehead atoms. The van der Waals surface area contributed by atoms with E-state index in [1.54, 1.807) is 24.7 Å². The molecular weight excluding hydrogens is 446 g/mol. The summed E-state index contributed by atoms with van der Waals surface area (Å²) in [5.41, 5.74) is 4.07. The van der Waals surface area contributed by atoms with Crippen molar-refractivity contribution in [3.63, 3.8) is 0 Å². The maximum Gasteiger partial charge on any atom is 0.134 e. The molecule has 0 spiro atoms. The van der Waals surface area contributed by atoms with Crippen LogP contribution in [0.3, 0.4) is 0 Å². The first kappa shape index (κ1) is 19.8. The summed E-state index contributed by atoms with van der Waals surface area (Å²) in [4.78, 5) is 8.34. The lowest BCUT2D eigenvalue weighted by atomic mass is 10.0. The third-order valence-electron chi connectivity index (χ3n) is 4.99. The Balaban J connectivity index is 1.58. The van der Waals surface area contributed by atoms with Crippen LogP contribution in [0, 0.1) is 11.3 Å². The Morgan fingerprint density at radius 2 is 2.10 bits per heavy atom. The van der Waals surface area contributed by atoms with Gasteiger partial charge in [0.15, 0.2) is 0 Å².